The Morgan fingerprint density at radius 1 is 1.02 bits per heavy atom. The molecule has 8 rings (SSSR count). The van der Waals surface area contributed by atoms with Crippen molar-refractivity contribution in [2.45, 2.75) is 67.4 Å². The van der Waals surface area contributed by atoms with E-state index in [1.54, 1.807) is 45.0 Å². The maximum atomic E-state index is 13.0. The van der Waals surface area contributed by atoms with Gasteiger partial charge in [-0.05, 0) is 38.3 Å². The first kappa shape index (κ1) is 40.0. The van der Waals surface area contributed by atoms with Gasteiger partial charge in [-0.3, -0.25) is 24.1 Å². The highest BCUT2D eigenvalue weighted by atomic mass is 35.5. The van der Waals surface area contributed by atoms with Crippen LogP contribution in [0.5, 0.6) is 0 Å². The van der Waals surface area contributed by atoms with Crippen LogP contribution < -0.4 is 20.3 Å². The lowest BCUT2D eigenvalue weighted by Crippen LogP contribution is -2.71. The second-order valence-corrected chi connectivity index (χ2v) is 18.3. The van der Waals surface area contributed by atoms with Crippen LogP contribution in [0.4, 0.5) is 0 Å². The number of nitrogens with one attached hydrogen (secondary N) is 2. The van der Waals surface area contributed by atoms with E-state index in [1.807, 2.05) is 52.7 Å². The zero-order chi connectivity index (χ0) is 40.8. The number of hydrogen-bond acceptors (Lipinski definition) is 12. The van der Waals surface area contributed by atoms with Crippen molar-refractivity contribution in [1.29, 1.82) is 0 Å². The van der Waals surface area contributed by atoms with Crippen molar-refractivity contribution in [3.8, 4) is 11.3 Å². The minimum Gasteiger partial charge on any atom is -0.543 e. The van der Waals surface area contributed by atoms with E-state index in [0.29, 0.717) is 34.2 Å². The van der Waals surface area contributed by atoms with Gasteiger partial charge in [-0.2, -0.15) is 0 Å². The van der Waals surface area contributed by atoms with Crippen LogP contribution in [-0.2, 0) is 36.9 Å². The van der Waals surface area contributed by atoms with Crippen molar-refractivity contribution < 1.29 is 48.1 Å². The molecule has 3 aromatic heterocycles. The summed E-state index contributed by atoms with van der Waals surface area (Å²) in [7, 11) is 0. The summed E-state index contributed by atoms with van der Waals surface area (Å²) in [6.07, 6.45) is 3.88. The third-order valence-electron chi connectivity index (χ3n) is 9.80. The van der Waals surface area contributed by atoms with Crippen LogP contribution in [0, 0.1) is 6.92 Å². The fourth-order valence-electron chi connectivity index (χ4n) is 7.18. The topological polar surface area (TPSA) is 206 Å². The number of thiophene rings is 1. The molecule has 4 aliphatic heterocycles. The molecule has 0 spiro atoms. The predicted molar refractivity (Wildman–Crippen MR) is 208 cm³/mol. The second kappa shape index (κ2) is 16.0. The molecule has 4 amide bonds. The molecule has 7 heterocycles. The summed E-state index contributed by atoms with van der Waals surface area (Å²) in [5.41, 5.74) is 1.57. The summed E-state index contributed by atoms with van der Waals surface area (Å²) in [5, 5.41) is 32.1. The highest BCUT2D eigenvalue weighted by Gasteiger charge is 2.64. The van der Waals surface area contributed by atoms with Crippen LogP contribution in [0.2, 0.25) is 5.02 Å². The number of halogens is 1. The van der Waals surface area contributed by atoms with E-state index < -0.39 is 63.3 Å². The number of fused-ring (bicyclic) bond motifs is 2. The average molecular weight is 851 g/mol. The SMILES string of the molecule is Cc1onc(-c2ccccc2Cl)c1C(=O)N[C@@H]1C(=O)N2[C@@H]1SC(C)(C)[C@@H]2C(=O)O.O=C(Cc1cccs1)N[C@@H]1C(=O)N2C(C(=O)[O-])=C(C[n+]3ccccc3)CS[C@H]12. The molecule has 3 saturated heterocycles. The van der Waals surface area contributed by atoms with E-state index in [4.69, 9.17) is 16.1 Å². The standard InChI is InChI=1S/C19H18ClN3O5S.C19H17N3O4S2/c1-8-11(12(22-28-8)9-6-4-5-7-10(9)20)15(24)21-13-16(25)23-14(18(26)27)19(2,3)29-17(13)23;23-14(9-13-5-4-8-27-13)20-15-17(24)22-16(19(25)26)12(11-28-18(15)22)10-21-6-2-1-3-7-21/h4-7,13-14,17H,1-3H3,(H,21,24)(H,26,27);1-8,15,18H,9-11H2,(H-,20,23,25,26)/t13-,14+,17-;15-,18-/m11/s1. The van der Waals surface area contributed by atoms with E-state index in [2.05, 4.69) is 15.8 Å². The number of carboxylic acids is 2. The molecule has 3 N–H and O–H groups in total. The first-order chi connectivity index (χ1) is 27.2. The minimum absolute atomic E-state index is 0.0751. The van der Waals surface area contributed by atoms with Gasteiger partial charge < -0.3 is 35.1 Å². The van der Waals surface area contributed by atoms with Crippen molar-refractivity contribution in [3.63, 3.8) is 0 Å². The monoisotopic (exact) mass is 850 g/mol. The number of nitrogens with zero attached hydrogens (tertiary/aromatic N) is 4. The molecule has 296 valence electrons. The Morgan fingerprint density at radius 3 is 2.40 bits per heavy atom. The van der Waals surface area contributed by atoms with Gasteiger partial charge >= 0.3 is 5.97 Å². The molecular formula is C38H35ClN6O9S3. The van der Waals surface area contributed by atoms with Gasteiger partial charge in [0.1, 0.15) is 45.9 Å². The number of aliphatic carboxylic acids is 2. The van der Waals surface area contributed by atoms with Crippen molar-refractivity contribution in [3.05, 3.63) is 105 Å². The molecule has 0 saturated carbocycles. The maximum Gasteiger partial charge on any atom is 0.327 e. The van der Waals surface area contributed by atoms with Crippen molar-refractivity contribution >= 4 is 82.0 Å². The Morgan fingerprint density at radius 2 is 1.74 bits per heavy atom. The fraction of sp³-hybridized carbons (Fsp3) is 0.316. The third-order valence-corrected chi connectivity index (χ3v) is 13.9. The number of carboxylic acid groups (broad SMARTS) is 2. The molecular weight excluding hydrogens is 816 g/mol. The third kappa shape index (κ3) is 7.65. The average Bonchev–Trinajstić information content (AvgIpc) is 3.89. The Bertz CT molecular complexity index is 2300. The molecule has 15 nitrogen and oxygen atoms in total. The highest BCUT2D eigenvalue weighted by molar-refractivity contribution is 8.01. The summed E-state index contributed by atoms with van der Waals surface area (Å²) in [6, 6.07) is 13.8. The van der Waals surface area contributed by atoms with Gasteiger partial charge in [-0.25, -0.2) is 9.36 Å². The van der Waals surface area contributed by atoms with E-state index in [-0.39, 0.29) is 29.3 Å². The van der Waals surface area contributed by atoms with E-state index in [9.17, 15) is 39.0 Å². The summed E-state index contributed by atoms with van der Waals surface area (Å²) in [5.74, 6) is -3.26. The molecule has 5 atom stereocenters. The smallest absolute Gasteiger partial charge is 0.327 e. The second-order valence-electron chi connectivity index (χ2n) is 14.0. The first-order valence-corrected chi connectivity index (χ1v) is 20.7. The van der Waals surface area contributed by atoms with Gasteiger partial charge in [-0.15, -0.1) is 34.9 Å². The number of benzene rings is 1. The maximum absolute atomic E-state index is 13.0. The van der Waals surface area contributed by atoms with Crippen LogP contribution in [0.15, 0.2) is 88.2 Å². The summed E-state index contributed by atoms with van der Waals surface area (Å²) < 4.78 is 6.39. The van der Waals surface area contributed by atoms with Crippen molar-refractivity contribution in [2.75, 3.05) is 5.75 Å². The van der Waals surface area contributed by atoms with Gasteiger partial charge in [0, 0.05) is 38.6 Å². The van der Waals surface area contributed by atoms with Gasteiger partial charge in [0.15, 0.2) is 18.9 Å². The Balaban J connectivity index is 0.000000174. The van der Waals surface area contributed by atoms with Crippen LogP contribution in [0.25, 0.3) is 11.3 Å². The van der Waals surface area contributed by atoms with E-state index in [1.165, 1.54) is 44.7 Å². The van der Waals surface area contributed by atoms with Gasteiger partial charge in [0.25, 0.3) is 11.8 Å². The molecule has 0 unspecified atom stereocenters. The summed E-state index contributed by atoms with van der Waals surface area (Å²) in [6.45, 7) is 5.52. The van der Waals surface area contributed by atoms with Crippen molar-refractivity contribution in [1.82, 2.24) is 25.6 Å². The molecule has 19 heteroatoms. The zero-order valence-corrected chi connectivity index (χ0v) is 33.7. The number of aryl methyl sites for hydroxylation is 1. The number of aromatic nitrogens is 2. The minimum atomic E-state index is -1.37. The van der Waals surface area contributed by atoms with Crippen molar-refractivity contribution in [2.24, 2.45) is 0 Å². The number of pyridine rings is 1. The summed E-state index contributed by atoms with van der Waals surface area (Å²) >= 11 is 10.5. The summed E-state index contributed by atoms with van der Waals surface area (Å²) in [4.78, 5) is 77.3. The predicted octanol–water partition coefficient (Wildman–Crippen LogP) is 2.23. The lowest BCUT2D eigenvalue weighted by Gasteiger charge is -2.50. The molecule has 4 aliphatic rings. The van der Waals surface area contributed by atoms with Gasteiger partial charge in [-0.1, -0.05) is 47.1 Å². The largest absolute Gasteiger partial charge is 0.543 e. The van der Waals surface area contributed by atoms with Crippen LogP contribution in [0.3, 0.4) is 0 Å². The van der Waals surface area contributed by atoms with Crippen LogP contribution in [0.1, 0.15) is 34.8 Å². The van der Waals surface area contributed by atoms with Crippen LogP contribution in [-0.4, -0.2) is 95.0 Å². The number of hydrogen-bond donors (Lipinski definition) is 3. The highest BCUT2D eigenvalue weighted by Crippen LogP contribution is 2.51. The van der Waals surface area contributed by atoms with E-state index in [0.717, 1.165) is 4.88 Å². The number of amides is 4. The fourth-order valence-corrected chi connectivity index (χ4v) is 11.1. The number of rotatable bonds is 10. The molecule has 0 aliphatic carbocycles. The molecule has 3 fully saturated rings. The quantitative estimate of drug-likeness (QED) is 0.155. The number of thioether (sulfide) groups is 2. The molecule has 57 heavy (non-hydrogen) atoms. The Labute approximate surface area is 343 Å². The van der Waals surface area contributed by atoms with Crippen LogP contribution >= 0.6 is 46.5 Å². The Hall–Kier alpha value is -5.17. The lowest BCUT2D eigenvalue weighted by atomic mass is 9.95. The zero-order valence-electron chi connectivity index (χ0n) is 30.5. The van der Waals surface area contributed by atoms with Gasteiger partial charge in [0.05, 0.1) is 23.1 Å². The molecule has 4 aromatic rings. The Kier molecular flexibility index (Phi) is 11.2. The van der Waals surface area contributed by atoms with E-state index >= 15 is 0 Å². The molecule has 0 bridgehead atoms. The lowest BCUT2D eigenvalue weighted by molar-refractivity contribution is -0.689. The number of carbonyl (C=O) groups excluding carboxylic acids is 5. The number of β-lactam (4-membered cyclic amide) rings is 2. The van der Waals surface area contributed by atoms with Gasteiger partial charge in [0.2, 0.25) is 11.8 Å². The normalized spacial score (nSPS) is 23.0. The first-order valence-electron chi connectivity index (χ1n) is 17.6. The molecule has 0 radical (unpaired) electrons. The molecule has 1 aromatic carbocycles. The number of carbonyl (C=O) groups is 6.